The normalized spacial score (nSPS) is 11.3. The predicted octanol–water partition coefficient (Wildman–Crippen LogP) is 2.79. The van der Waals surface area contributed by atoms with Gasteiger partial charge in [0.25, 0.3) is 11.2 Å². The second-order valence-electron chi connectivity index (χ2n) is 7.47. The number of aromatic nitrogens is 4. The minimum Gasteiger partial charge on any atom is -0.497 e. The number of nitrogens with zero attached hydrogens (tertiary/aromatic N) is 4. The Bertz CT molecular complexity index is 1480. The largest absolute Gasteiger partial charge is 0.497 e. The third-order valence-electron chi connectivity index (χ3n) is 5.35. The van der Waals surface area contributed by atoms with E-state index >= 15 is 0 Å². The van der Waals surface area contributed by atoms with Crippen LogP contribution in [-0.2, 0) is 17.8 Å². The number of methoxy groups -OCH3 is 2. The van der Waals surface area contributed by atoms with Crippen LogP contribution in [0.15, 0.2) is 44.3 Å². The van der Waals surface area contributed by atoms with E-state index in [1.807, 2.05) is 6.92 Å². The Balaban J connectivity index is 1.91. The summed E-state index contributed by atoms with van der Waals surface area (Å²) in [7, 11) is 2.96. The lowest BCUT2D eigenvalue weighted by atomic mass is 10.1. The Labute approximate surface area is 192 Å². The van der Waals surface area contributed by atoms with Crippen molar-refractivity contribution in [3.05, 3.63) is 61.3 Å². The predicted molar refractivity (Wildman–Crippen MR) is 123 cm³/mol. The Hall–Kier alpha value is -4.19. The highest BCUT2D eigenvalue weighted by atomic mass is 16.6. The summed E-state index contributed by atoms with van der Waals surface area (Å²) in [5.74, 6) is 1.17. The maximum Gasteiger partial charge on any atom is 0.330 e. The van der Waals surface area contributed by atoms with E-state index in [0.717, 1.165) is 0 Å². The number of rotatable bonds is 9. The molecule has 0 aliphatic carbocycles. The third-order valence-corrected chi connectivity index (χ3v) is 5.35. The van der Waals surface area contributed by atoms with Gasteiger partial charge in [-0.2, -0.15) is 0 Å². The molecular weight excluding hydrogens is 446 g/mol. The fourth-order valence-corrected chi connectivity index (χ4v) is 3.79. The standard InChI is InChI=1S/C22H23N5O7/c1-4-9-26-20-18(21(28)24-22(26)29)25(10-11-32-2)19(23-20)17-8-7-16(34-17)14-6-5-13(33-3)12-15(14)27(30)31/h5-8,12H,4,9-11H2,1-3H3,(H,24,28,29). The first-order chi connectivity index (χ1) is 16.4. The van der Waals surface area contributed by atoms with Crippen LogP contribution in [0.4, 0.5) is 5.69 Å². The van der Waals surface area contributed by atoms with E-state index in [4.69, 9.17) is 13.9 Å². The van der Waals surface area contributed by atoms with Gasteiger partial charge in [-0.25, -0.2) is 9.78 Å². The molecule has 0 unspecified atom stereocenters. The first kappa shape index (κ1) is 23.0. The average molecular weight is 469 g/mol. The molecule has 34 heavy (non-hydrogen) atoms. The van der Waals surface area contributed by atoms with E-state index < -0.39 is 16.2 Å². The smallest absolute Gasteiger partial charge is 0.330 e. The van der Waals surface area contributed by atoms with Gasteiger partial charge in [-0.1, -0.05) is 6.92 Å². The summed E-state index contributed by atoms with van der Waals surface area (Å²) >= 11 is 0. The highest BCUT2D eigenvalue weighted by molar-refractivity contribution is 5.77. The van der Waals surface area contributed by atoms with Crippen molar-refractivity contribution in [2.45, 2.75) is 26.4 Å². The van der Waals surface area contributed by atoms with Crippen molar-refractivity contribution in [2.24, 2.45) is 0 Å². The number of fused-ring (bicyclic) bond motifs is 1. The molecule has 0 aliphatic rings. The quantitative estimate of drug-likeness (QED) is 0.291. The zero-order chi connectivity index (χ0) is 24.4. The lowest BCUT2D eigenvalue weighted by Gasteiger charge is -2.07. The number of H-pyrrole nitrogens is 1. The number of imidazole rings is 1. The molecule has 0 atom stereocenters. The fraction of sp³-hybridized carbons (Fsp3) is 0.318. The van der Waals surface area contributed by atoms with Crippen LogP contribution in [0.2, 0.25) is 0 Å². The van der Waals surface area contributed by atoms with Crippen molar-refractivity contribution in [1.29, 1.82) is 0 Å². The molecule has 1 aromatic carbocycles. The molecule has 0 amide bonds. The number of ether oxygens (including phenoxy) is 2. The van der Waals surface area contributed by atoms with Crippen LogP contribution in [0.1, 0.15) is 13.3 Å². The molecule has 3 heterocycles. The van der Waals surface area contributed by atoms with Gasteiger partial charge in [0.05, 0.1) is 30.3 Å². The molecule has 4 aromatic rings. The lowest BCUT2D eigenvalue weighted by molar-refractivity contribution is -0.384. The van der Waals surface area contributed by atoms with Gasteiger partial charge in [-0.15, -0.1) is 0 Å². The SMILES string of the molecule is CCCn1c(=O)[nH]c(=O)c2c1nc(-c1ccc(-c3ccc(OC)cc3[N+](=O)[O-])o1)n2CCOC. The van der Waals surface area contributed by atoms with E-state index in [1.165, 1.54) is 30.9 Å². The summed E-state index contributed by atoms with van der Waals surface area (Å²) in [6.45, 7) is 2.83. The summed E-state index contributed by atoms with van der Waals surface area (Å²) in [4.78, 5) is 43.1. The number of aromatic amines is 1. The minimum absolute atomic E-state index is 0.179. The molecule has 0 saturated heterocycles. The minimum atomic E-state index is -0.570. The zero-order valence-corrected chi connectivity index (χ0v) is 18.9. The molecule has 178 valence electrons. The van der Waals surface area contributed by atoms with Gasteiger partial charge in [0.15, 0.2) is 22.7 Å². The van der Waals surface area contributed by atoms with Gasteiger partial charge in [-0.05, 0) is 30.7 Å². The van der Waals surface area contributed by atoms with E-state index in [1.54, 1.807) is 22.8 Å². The highest BCUT2D eigenvalue weighted by Crippen LogP contribution is 2.36. The number of nitro benzene ring substituents is 1. The van der Waals surface area contributed by atoms with Gasteiger partial charge in [0, 0.05) is 20.2 Å². The maximum atomic E-state index is 12.7. The Kier molecular flexibility index (Phi) is 6.32. The van der Waals surface area contributed by atoms with E-state index in [0.29, 0.717) is 24.5 Å². The molecule has 0 bridgehead atoms. The van der Waals surface area contributed by atoms with Gasteiger partial charge >= 0.3 is 5.69 Å². The Morgan fingerprint density at radius 3 is 2.56 bits per heavy atom. The van der Waals surface area contributed by atoms with Gasteiger partial charge < -0.3 is 18.5 Å². The molecule has 0 saturated carbocycles. The number of hydrogen-bond donors (Lipinski definition) is 1. The van der Waals surface area contributed by atoms with E-state index in [-0.39, 0.29) is 47.1 Å². The van der Waals surface area contributed by atoms with Crippen LogP contribution >= 0.6 is 0 Å². The summed E-state index contributed by atoms with van der Waals surface area (Å²) in [5.41, 5.74) is -0.585. The second kappa shape index (κ2) is 9.35. The molecule has 12 nitrogen and oxygen atoms in total. The molecule has 0 aliphatic heterocycles. The van der Waals surface area contributed by atoms with Crippen LogP contribution < -0.4 is 16.0 Å². The lowest BCUT2D eigenvalue weighted by Crippen LogP contribution is -2.31. The van der Waals surface area contributed by atoms with Crippen molar-refractivity contribution >= 4 is 16.9 Å². The summed E-state index contributed by atoms with van der Waals surface area (Å²) in [6, 6.07) is 7.66. The molecule has 0 fully saturated rings. The van der Waals surface area contributed by atoms with Crippen molar-refractivity contribution < 1.29 is 18.8 Å². The molecule has 0 spiro atoms. The van der Waals surface area contributed by atoms with Crippen molar-refractivity contribution in [3.63, 3.8) is 0 Å². The molecule has 3 aromatic heterocycles. The number of nitrogens with one attached hydrogen (secondary N) is 1. The van der Waals surface area contributed by atoms with Gasteiger partial charge in [0.1, 0.15) is 11.5 Å². The average Bonchev–Trinajstić information content (AvgIpc) is 3.45. The van der Waals surface area contributed by atoms with Crippen LogP contribution in [0.5, 0.6) is 5.75 Å². The van der Waals surface area contributed by atoms with Crippen molar-refractivity contribution in [1.82, 2.24) is 19.1 Å². The monoisotopic (exact) mass is 469 g/mol. The molecule has 1 N–H and O–H groups in total. The van der Waals surface area contributed by atoms with E-state index in [9.17, 15) is 19.7 Å². The highest BCUT2D eigenvalue weighted by Gasteiger charge is 2.24. The zero-order valence-electron chi connectivity index (χ0n) is 18.9. The van der Waals surface area contributed by atoms with E-state index in [2.05, 4.69) is 9.97 Å². The number of furan rings is 1. The van der Waals surface area contributed by atoms with Gasteiger partial charge in [0.2, 0.25) is 0 Å². The van der Waals surface area contributed by atoms with Crippen LogP contribution in [-0.4, -0.2) is 44.9 Å². The molecule has 12 heteroatoms. The van der Waals surface area contributed by atoms with Crippen LogP contribution in [0.3, 0.4) is 0 Å². The number of aryl methyl sites for hydroxylation is 1. The first-order valence-electron chi connectivity index (χ1n) is 10.5. The van der Waals surface area contributed by atoms with Gasteiger partial charge in [-0.3, -0.25) is 24.5 Å². The fourth-order valence-electron chi connectivity index (χ4n) is 3.79. The van der Waals surface area contributed by atoms with Crippen LogP contribution in [0.25, 0.3) is 34.1 Å². The number of hydrogen-bond acceptors (Lipinski definition) is 8. The molecular formula is C22H23N5O7. The number of nitro groups is 1. The van der Waals surface area contributed by atoms with Crippen molar-refractivity contribution in [2.75, 3.05) is 20.8 Å². The summed E-state index contributed by atoms with van der Waals surface area (Å²) in [5, 5.41) is 11.6. The summed E-state index contributed by atoms with van der Waals surface area (Å²) < 4.78 is 19.3. The maximum absolute atomic E-state index is 12.7. The third kappa shape index (κ3) is 3.99. The first-order valence-corrected chi connectivity index (χ1v) is 10.5. The molecule has 4 rings (SSSR count). The topological polar surface area (TPSA) is 147 Å². The Morgan fingerprint density at radius 2 is 1.88 bits per heavy atom. The van der Waals surface area contributed by atoms with Crippen LogP contribution in [0, 0.1) is 10.1 Å². The second-order valence-corrected chi connectivity index (χ2v) is 7.47. The Morgan fingerprint density at radius 1 is 1.12 bits per heavy atom. The van der Waals surface area contributed by atoms with Crippen molar-refractivity contribution in [3.8, 4) is 28.7 Å². The summed E-state index contributed by atoms with van der Waals surface area (Å²) in [6.07, 6.45) is 0.660. The number of benzene rings is 1. The molecule has 0 radical (unpaired) electrons.